The number of aromatic nitrogens is 1. The fourth-order valence-electron chi connectivity index (χ4n) is 2.53. The van der Waals surface area contributed by atoms with E-state index in [1.807, 2.05) is 36.4 Å². The van der Waals surface area contributed by atoms with Crippen LogP contribution in [-0.2, 0) is 6.42 Å². The Morgan fingerprint density at radius 2 is 1.87 bits per heavy atom. The standard InChI is InChI=1S/C19H21N3O/c1-2-8-16(14-13-15-9-4-3-5-10-15)21-22-19-20-17-11-6-7-12-18(17)23-19/h2-7,9-12,16,21H,1,8,13-14H2,(H,20,22)/t16-/m0/s1. The van der Waals surface area contributed by atoms with Gasteiger partial charge in [0.05, 0.1) is 0 Å². The molecule has 0 aliphatic heterocycles. The molecule has 0 amide bonds. The van der Waals surface area contributed by atoms with Gasteiger partial charge in [-0.05, 0) is 37.0 Å². The van der Waals surface area contributed by atoms with Crippen LogP contribution >= 0.6 is 0 Å². The molecule has 3 rings (SSSR count). The van der Waals surface area contributed by atoms with Crippen LogP contribution in [0.25, 0.3) is 11.1 Å². The lowest BCUT2D eigenvalue weighted by Crippen LogP contribution is -2.34. The first-order valence-electron chi connectivity index (χ1n) is 7.87. The number of aryl methyl sites for hydroxylation is 1. The van der Waals surface area contributed by atoms with Crippen molar-refractivity contribution in [1.29, 1.82) is 0 Å². The Labute approximate surface area is 136 Å². The van der Waals surface area contributed by atoms with Gasteiger partial charge in [0.1, 0.15) is 5.52 Å². The summed E-state index contributed by atoms with van der Waals surface area (Å²) in [7, 11) is 0. The fourth-order valence-corrected chi connectivity index (χ4v) is 2.53. The zero-order valence-corrected chi connectivity index (χ0v) is 13.0. The third kappa shape index (κ3) is 4.20. The maximum atomic E-state index is 5.65. The summed E-state index contributed by atoms with van der Waals surface area (Å²) in [4.78, 5) is 4.40. The van der Waals surface area contributed by atoms with Crippen LogP contribution in [0.5, 0.6) is 0 Å². The van der Waals surface area contributed by atoms with Crippen molar-refractivity contribution < 1.29 is 4.42 Å². The maximum Gasteiger partial charge on any atom is 0.310 e. The van der Waals surface area contributed by atoms with Gasteiger partial charge in [0.2, 0.25) is 0 Å². The highest BCUT2D eigenvalue weighted by Crippen LogP contribution is 2.17. The highest BCUT2D eigenvalue weighted by molar-refractivity contribution is 5.73. The molecule has 2 N–H and O–H groups in total. The largest absolute Gasteiger partial charge is 0.423 e. The van der Waals surface area contributed by atoms with Crippen molar-refractivity contribution in [3.8, 4) is 0 Å². The number of hydrazine groups is 1. The van der Waals surface area contributed by atoms with Crippen molar-refractivity contribution >= 4 is 17.1 Å². The molecule has 1 aromatic heterocycles. The number of benzene rings is 2. The topological polar surface area (TPSA) is 50.1 Å². The summed E-state index contributed by atoms with van der Waals surface area (Å²) in [6.07, 6.45) is 4.82. The van der Waals surface area contributed by atoms with Crippen molar-refractivity contribution in [1.82, 2.24) is 10.4 Å². The normalized spacial score (nSPS) is 12.2. The molecule has 0 aliphatic rings. The molecule has 0 saturated carbocycles. The van der Waals surface area contributed by atoms with Crippen LogP contribution in [0.4, 0.5) is 6.01 Å². The summed E-state index contributed by atoms with van der Waals surface area (Å²) in [6, 6.07) is 19.0. The summed E-state index contributed by atoms with van der Waals surface area (Å²) in [5.41, 5.74) is 9.34. The van der Waals surface area contributed by atoms with Gasteiger partial charge in [-0.15, -0.1) is 6.58 Å². The second-order valence-corrected chi connectivity index (χ2v) is 5.50. The molecule has 0 saturated heterocycles. The first kappa shape index (κ1) is 15.3. The van der Waals surface area contributed by atoms with E-state index >= 15 is 0 Å². The van der Waals surface area contributed by atoms with E-state index < -0.39 is 0 Å². The predicted molar refractivity (Wildman–Crippen MR) is 94.1 cm³/mol. The van der Waals surface area contributed by atoms with Crippen molar-refractivity contribution in [3.05, 3.63) is 72.8 Å². The van der Waals surface area contributed by atoms with Crippen molar-refractivity contribution in [3.63, 3.8) is 0 Å². The summed E-state index contributed by atoms with van der Waals surface area (Å²) in [6.45, 7) is 3.84. The zero-order chi connectivity index (χ0) is 15.9. The van der Waals surface area contributed by atoms with Crippen LogP contribution in [0.3, 0.4) is 0 Å². The lowest BCUT2D eigenvalue weighted by molar-refractivity contribution is 0.503. The van der Waals surface area contributed by atoms with E-state index in [0.29, 0.717) is 6.01 Å². The molecule has 3 aromatic rings. The summed E-state index contributed by atoms with van der Waals surface area (Å²) >= 11 is 0. The second-order valence-electron chi connectivity index (χ2n) is 5.50. The van der Waals surface area contributed by atoms with Crippen molar-refractivity contribution in [2.75, 3.05) is 5.43 Å². The van der Waals surface area contributed by atoms with Crippen LogP contribution in [-0.4, -0.2) is 11.0 Å². The van der Waals surface area contributed by atoms with E-state index in [2.05, 4.69) is 46.7 Å². The van der Waals surface area contributed by atoms with Gasteiger partial charge in [-0.2, -0.15) is 4.98 Å². The van der Waals surface area contributed by atoms with Crippen LogP contribution in [0.2, 0.25) is 0 Å². The van der Waals surface area contributed by atoms with E-state index in [0.717, 1.165) is 30.4 Å². The van der Waals surface area contributed by atoms with Gasteiger partial charge in [0.15, 0.2) is 5.58 Å². The molecule has 0 spiro atoms. The zero-order valence-electron chi connectivity index (χ0n) is 13.0. The third-order valence-corrected chi connectivity index (χ3v) is 3.75. The minimum atomic E-state index is 0.266. The molecule has 0 radical (unpaired) electrons. The minimum Gasteiger partial charge on any atom is -0.423 e. The Bertz CT molecular complexity index is 718. The number of nitrogens with zero attached hydrogens (tertiary/aromatic N) is 1. The second kappa shape index (κ2) is 7.61. The predicted octanol–water partition coefficient (Wildman–Crippen LogP) is 4.32. The number of fused-ring (bicyclic) bond motifs is 1. The summed E-state index contributed by atoms with van der Waals surface area (Å²) in [5, 5.41) is 0. The molecule has 0 aliphatic carbocycles. The molecule has 1 atom stereocenters. The van der Waals surface area contributed by atoms with E-state index in [-0.39, 0.29) is 6.04 Å². The van der Waals surface area contributed by atoms with Gasteiger partial charge in [0, 0.05) is 6.04 Å². The van der Waals surface area contributed by atoms with Gasteiger partial charge in [-0.25, -0.2) is 5.43 Å². The smallest absolute Gasteiger partial charge is 0.310 e. The molecular weight excluding hydrogens is 286 g/mol. The van der Waals surface area contributed by atoms with E-state index in [1.54, 1.807) is 0 Å². The Morgan fingerprint density at radius 3 is 2.65 bits per heavy atom. The number of para-hydroxylation sites is 2. The molecule has 0 unspecified atom stereocenters. The Morgan fingerprint density at radius 1 is 1.09 bits per heavy atom. The summed E-state index contributed by atoms with van der Waals surface area (Å²) < 4.78 is 5.65. The highest BCUT2D eigenvalue weighted by Gasteiger charge is 2.09. The van der Waals surface area contributed by atoms with Gasteiger partial charge >= 0.3 is 6.01 Å². The van der Waals surface area contributed by atoms with Crippen LogP contribution in [0.1, 0.15) is 18.4 Å². The average Bonchev–Trinajstić information content (AvgIpc) is 3.01. The van der Waals surface area contributed by atoms with Gasteiger partial charge in [-0.3, -0.25) is 5.43 Å². The number of nitrogens with one attached hydrogen (secondary N) is 2. The number of oxazole rings is 1. The highest BCUT2D eigenvalue weighted by atomic mass is 16.4. The molecular formula is C19H21N3O. The molecule has 4 heteroatoms. The lowest BCUT2D eigenvalue weighted by Gasteiger charge is -2.17. The quantitative estimate of drug-likeness (QED) is 0.480. The van der Waals surface area contributed by atoms with Crippen LogP contribution in [0, 0.1) is 0 Å². The number of anilines is 1. The van der Waals surface area contributed by atoms with Gasteiger partial charge in [0.25, 0.3) is 0 Å². The number of hydrogen-bond donors (Lipinski definition) is 2. The van der Waals surface area contributed by atoms with Crippen LogP contribution in [0.15, 0.2) is 71.7 Å². The minimum absolute atomic E-state index is 0.266. The first-order valence-corrected chi connectivity index (χ1v) is 7.87. The van der Waals surface area contributed by atoms with Crippen LogP contribution < -0.4 is 10.9 Å². The third-order valence-electron chi connectivity index (χ3n) is 3.75. The van der Waals surface area contributed by atoms with Crippen molar-refractivity contribution in [2.24, 2.45) is 0 Å². The fraction of sp³-hybridized carbons (Fsp3) is 0.211. The molecule has 0 fully saturated rings. The van der Waals surface area contributed by atoms with Gasteiger partial charge < -0.3 is 4.42 Å². The monoisotopic (exact) mass is 307 g/mol. The molecule has 0 bridgehead atoms. The Balaban J connectivity index is 1.57. The first-order chi connectivity index (χ1) is 11.3. The van der Waals surface area contributed by atoms with Crippen molar-refractivity contribution in [2.45, 2.75) is 25.3 Å². The molecule has 118 valence electrons. The SMILES string of the molecule is C=CC[C@@H](CCc1ccccc1)NNc1nc2ccccc2o1. The lowest BCUT2D eigenvalue weighted by atomic mass is 10.0. The van der Waals surface area contributed by atoms with E-state index in [9.17, 15) is 0 Å². The molecule has 2 aromatic carbocycles. The molecule has 4 nitrogen and oxygen atoms in total. The molecule has 23 heavy (non-hydrogen) atoms. The van der Waals surface area contributed by atoms with E-state index in [4.69, 9.17) is 4.42 Å². The number of hydrogen-bond acceptors (Lipinski definition) is 4. The maximum absolute atomic E-state index is 5.65. The molecule has 1 heterocycles. The Hall–Kier alpha value is -2.59. The summed E-state index contributed by atoms with van der Waals surface area (Å²) in [5.74, 6) is 0. The Kier molecular flexibility index (Phi) is 5.06. The van der Waals surface area contributed by atoms with E-state index in [1.165, 1.54) is 5.56 Å². The van der Waals surface area contributed by atoms with Gasteiger partial charge in [-0.1, -0.05) is 48.5 Å². The average molecular weight is 307 g/mol. The number of rotatable bonds is 8.